The van der Waals surface area contributed by atoms with Gasteiger partial charge in [0.2, 0.25) is 0 Å². The fourth-order valence-electron chi connectivity index (χ4n) is 3.36. The summed E-state index contributed by atoms with van der Waals surface area (Å²) in [5, 5.41) is 8.69. The van der Waals surface area contributed by atoms with Gasteiger partial charge in [-0.3, -0.25) is 4.40 Å². The molecule has 0 aliphatic carbocycles. The van der Waals surface area contributed by atoms with Crippen molar-refractivity contribution < 1.29 is 0 Å². The Morgan fingerprint density at radius 3 is 2.65 bits per heavy atom. The molecule has 23 heavy (non-hydrogen) atoms. The lowest BCUT2D eigenvalue weighted by Crippen LogP contribution is -2.34. The van der Waals surface area contributed by atoms with Crippen molar-refractivity contribution in [2.45, 2.75) is 32.6 Å². The Bertz CT molecular complexity index is 812. The van der Waals surface area contributed by atoms with Crippen LogP contribution in [0.3, 0.4) is 0 Å². The maximum absolute atomic E-state index is 4.58. The summed E-state index contributed by atoms with van der Waals surface area (Å²) in [7, 11) is 0. The zero-order chi connectivity index (χ0) is 15.8. The van der Waals surface area contributed by atoms with Gasteiger partial charge in [-0.2, -0.15) is 0 Å². The monoisotopic (exact) mass is 308 g/mol. The molecule has 6 nitrogen and oxygen atoms in total. The number of aromatic nitrogens is 5. The number of fused-ring (bicyclic) bond motifs is 1. The zero-order valence-corrected chi connectivity index (χ0v) is 13.5. The van der Waals surface area contributed by atoms with Crippen molar-refractivity contribution in [1.29, 1.82) is 0 Å². The molecule has 3 aromatic rings. The molecule has 0 amide bonds. The van der Waals surface area contributed by atoms with Crippen molar-refractivity contribution in [1.82, 2.24) is 24.6 Å². The summed E-state index contributed by atoms with van der Waals surface area (Å²) in [4.78, 5) is 11.3. The Morgan fingerprint density at radius 2 is 1.87 bits per heavy atom. The molecule has 0 aromatic carbocycles. The Balaban J connectivity index is 1.53. The van der Waals surface area contributed by atoms with Gasteiger partial charge >= 0.3 is 0 Å². The van der Waals surface area contributed by atoms with Crippen molar-refractivity contribution in [3.05, 3.63) is 47.8 Å². The molecule has 1 aliphatic rings. The predicted octanol–water partition coefficient (Wildman–Crippen LogP) is 2.52. The number of rotatable bonds is 2. The molecular formula is C17H20N6. The van der Waals surface area contributed by atoms with E-state index in [1.54, 1.807) is 0 Å². The fourth-order valence-corrected chi connectivity index (χ4v) is 3.36. The van der Waals surface area contributed by atoms with Crippen molar-refractivity contribution in [2.75, 3.05) is 18.0 Å². The predicted molar refractivity (Wildman–Crippen MR) is 88.7 cm³/mol. The highest BCUT2D eigenvalue weighted by molar-refractivity contribution is 5.41. The van der Waals surface area contributed by atoms with E-state index in [4.69, 9.17) is 0 Å². The molecule has 4 heterocycles. The molecule has 0 unspecified atom stereocenters. The summed E-state index contributed by atoms with van der Waals surface area (Å²) < 4.78 is 2.11. The van der Waals surface area contributed by atoms with Crippen LogP contribution < -0.4 is 4.90 Å². The van der Waals surface area contributed by atoms with Crippen LogP contribution in [0.25, 0.3) is 5.65 Å². The van der Waals surface area contributed by atoms with E-state index in [0.717, 1.165) is 54.7 Å². The molecule has 0 bridgehead atoms. The van der Waals surface area contributed by atoms with E-state index in [9.17, 15) is 0 Å². The normalized spacial score (nSPS) is 16.2. The van der Waals surface area contributed by atoms with Gasteiger partial charge in [-0.05, 0) is 38.8 Å². The lowest BCUT2D eigenvalue weighted by molar-refractivity contribution is 0.480. The minimum absolute atomic E-state index is 0.452. The SMILES string of the molecule is Cc1cc(N2CCC(c3nnc4ccccn34)CC2)nc(C)n1. The molecular weight excluding hydrogens is 288 g/mol. The van der Waals surface area contributed by atoms with Gasteiger partial charge in [0.15, 0.2) is 5.65 Å². The number of piperidine rings is 1. The number of anilines is 1. The van der Waals surface area contributed by atoms with Gasteiger partial charge in [-0.15, -0.1) is 10.2 Å². The zero-order valence-electron chi connectivity index (χ0n) is 13.5. The topological polar surface area (TPSA) is 59.2 Å². The fraction of sp³-hybridized carbons (Fsp3) is 0.412. The first-order valence-electron chi connectivity index (χ1n) is 8.07. The summed E-state index contributed by atoms with van der Waals surface area (Å²) in [5.41, 5.74) is 1.95. The highest BCUT2D eigenvalue weighted by atomic mass is 15.3. The lowest BCUT2D eigenvalue weighted by atomic mass is 9.96. The number of hydrogen-bond donors (Lipinski definition) is 0. The molecule has 0 N–H and O–H groups in total. The van der Waals surface area contributed by atoms with Crippen molar-refractivity contribution >= 4 is 11.5 Å². The summed E-state index contributed by atoms with van der Waals surface area (Å²) >= 11 is 0. The van der Waals surface area contributed by atoms with E-state index in [-0.39, 0.29) is 0 Å². The average molecular weight is 308 g/mol. The smallest absolute Gasteiger partial charge is 0.160 e. The first-order chi connectivity index (χ1) is 11.2. The highest BCUT2D eigenvalue weighted by Gasteiger charge is 2.25. The van der Waals surface area contributed by atoms with Crippen LogP contribution >= 0.6 is 0 Å². The van der Waals surface area contributed by atoms with Crippen LogP contribution in [-0.4, -0.2) is 37.7 Å². The van der Waals surface area contributed by atoms with Crippen LogP contribution in [0.5, 0.6) is 0 Å². The quantitative estimate of drug-likeness (QED) is 0.728. The standard InChI is InChI=1S/C17H20N6/c1-12-11-16(19-13(2)18-12)22-9-6-14(7-10-22)17-21-20-15-5-3-4-8-23(15)17/h3-5,8,11,14H,6-7,9-10H2,1-2H3. The number of nitrogens with zero attached hydrogens (tertiary/aromatic N) is 6. The second-order valence-electron chi connectivity index (χ2n) is 6.16. The number of hydrogen-bond acceptors (Lipinski definition) is 5. The highest BCUT2D eigenvalue weighted by Crippen LogP contribution is 2.29. The first kappa shape index (κ1) is 14.1. The molecule has 6 heteroatoms. The van der Waals surface area contributed by atoms with Crippen LogP contribution in [0, 0.1) is 13.8 Å². The number of aryl methyl sites for hydroxylation is 2. The first-order valence-corrected chi connectivity index (χ1v) is 8.07. The Morgan fingerprint density at radius 1 is 1.04 bits per heavy atom. The minimum Gasteiger partial charge on any atom is -0.356 e. The molecule has 1 fully saturated rings. The molecule has 0 spiro atoms. The summed E-state index contributed by atoms with van der Waals surface area (Å²) in [5.74, 6) is 3.41. The van der Waals surface area contributed by atoms with Gasteiger partial charge in [-0.1, -0.05) is 6.07 Å². The average Bonchev–Trinajstić information content (AvgIpc) is 2.98. The summed E-state index contributed by atoms with van der Waals surface area (Å²) in [6.45, 7) is 5.95. The lowest BCUT2D eigenvalue weighted by Gasteiger charge is -2.32. The molecule has 4 rings (SSSR count). The van der Waals surface area contributed by atoms with Crippen LogP contribution in [0.2, 0.25) is 0 Å². The number of pyridine rings is 1. The van der Waals surface area contributed by atoms with E-state index in [1.165, 1.54) is 0 Å². The Hall–Kier alpha value is -2.50. The maximum Gasteiger partial charge on any atom is 0.160 e. The second kappa shape index (κ2) is 5.61. The third kappa shape index (κ3) is 2.65. The van der Waals surface area contributed by atoms with Gasteiger partial charge in [0, 0.05) is 37.0 Å². The molecule has 0 saturated carbocycles. The van der Waals surface area contributed by atoms with Gasteiger partial charge in [-0.25, -0.2) is 9.97 Å². The Labute approximate surface area is 135 Å². The van der Waals surface area contributed by atoms with Gasteiger partial charge < -0.3 is 4.90 Å². The largest absolute Gasteiger partial charge is 0.356 e. The molecule has 1 aliphatic heterocycles. The van der Waals surface area contributed by atoms with Gasteiger partial charge in [0.25, 0.3) is 0 Å². The van der Waals surface area contributed by atoms with E-state index >= 15 is 0 Å². The molecule has 0 atom stereocenters. The molecule has 0 radical (unpaired) electrons. The van der Waals surface area contributed by atoms with Crippen molar-refractivity contribution in [3.8, 4) is 0 Å². The van der Waals surface area contributed by atoms with Crippen LogP contribution in [0.1, 0.15) is 36.1 Å². The van der Waals surface area contributed by atoms with E-state index < -0.39 is 0 Å². The third-order valence-electron chi connectivity index (χ3n) is 4.48. The van der Waals surface area contributed by atoms with Crippen molar-refractivity contribution in [3.63, 3.8) is 0 Å². The van der Waals surface area contributed by atoms with E-state index in [2.05, 4.69) is 35.5 Å². The molecule has 1 saturated heterocycles. The summed E-state index contributed by atoms with van der Waals surface area (Å²) in [6, 6.07) is 8.09. The second-order valence-corrected chi connectivity index (χ2v) is 6.16. The van der Waals surface area contributed by atoms with E-state index in [0.29, 0.717) is 5.92 Å². The minimum atomic E-state index is 0.452. The van der Waals surface area contributed by atoms with E-state index in [1.807, 2.05) is 38.2 Å². The Kier molecular flexibility index (Phi) is 3.44. The maximum atomic E-state index is 4.58. The summed E-state index contributed by atoms with van der Waals surface area (Å²) in [6.07, 6.45) is 4.18. The molecule has 3 aromatic heterocycles. The van der Waals surface area contributed by atoms with Crippen LogP contribution in [0.4, 0.5) is 5.82 Å². The third-order valence-corrected chi connectivity index (χ3v) is 4.48. The van der Waals surface area contributed by atoms with Crippen LogP contribution in [-0.2, 0) is 0 Å². The molecule has 118 valence electrons. The van der Waals surface area contributed by atoms with Gasteiger partial charge in [0.1, 0.15) is 17.5 Å². The van der Waals surface area contributed by atoms with Crippen molar-refractivity contribution in [2.24, 2.45) is 0 Å². The van der Waals surface area contributed by atoms with Gasteiger partial charge in [0.05, 0.1) is 0 Å². The van der Waals surface area contributed by atoms with Crippen LogP contribution in [0.15, 0.2) is 30.5 Å².